The fourth-order valence-electron chi connectivity index (χ4n) is 10.8. The molecule has 9 atom stereocenters. The molecule has 1 aromatic rings. The SMILES string of the molecule is C[C@@H]1[C@H]2[C@H]3C(=O)C=C4[C@@]5(C)C=C(C#N)C(=O)C(C)(C)[C@@H]5CC[C@@]4(C)[C@]3(C)CC[C@@]2(n2ccnc2)CC[C@H]1C. The van der Waals surface area contributed by atoms with Crippen LogP contribution in [0.5, 0.6) is 0 Å². The zero-order chi connectivity index (χ0) is 27.5. The molecular weight excluding hydrogens is 470 g/mol. The fraction of sp³-hybridized carbons (Fsp3) is 0.697. The summed E-state index contributed by atoms with van der Waals surface area (Å²) in [5.74, 6) is 1.49. The Hall–Kier alpha value is -2.48. The van der Waals surface area contributed by atoms with Crippen molar-refractivity contribution in [3.05, 3.63) is 42.0 Å². The quantitative estimate of drug-likeness (QED) is 0.420. The van der Waals surface area contributed by atoms with Crippen LogP contribution in [0.25, 0.3) is 0 Å². The number of ketones is 2. The van der Waals surface area contributed by atoms with Crippen LogP contribution in [-0.4, -0.2) is 21.1 Å². The summed E-state index contributed by atoms with van der Waals surface area (Å²) >= 11 is 0. The van der Waals surface area contributed by atoms with Crippen LogP contribution in [0.1, 0.15) is 87.0 Å². The maximum Gasteiger partial charge on any atom is 0.178 e. The number of carbonyl (C=O) groups excluding carboxylic acids is 2. The Kier molecular flexibility index (Phi) is 5.29. The molecule has 0 aliphatic heterocycles. The predicted molar refractivity (Wildman–Crippen MR) is 147 cm³/mol. The van der Waals surface area contributed by atoms with Gasteiger partial charge in [0.1, 0.15) is 6.07 Å². The summed E-state index contributed by atoms with van der Waals surface area (Å²) in [5.41, 5.74) is -0.114. The van der Waals surface area contributed by atoms with Crippen LogP contribution in [0.2, 0.25) is 0 Å². The van der Waals surface area contributed by atoms with Crippen LogP contribution in [0.3, 0.4) is 0 Å². The molecule has 6 rings (SSSR count). The van der Waals surface area contributed by atoms with E-state index in [4.69, 9.17) is 0 Å². The van der Waals surface area contributed by atoms with Crippen molar-refractivity contribution >= 4 is 11.6 Å². The monoisotopic (exact) mass is 513 g/mol. The first kappa shape index (κ1) is 25.8. The first-order valence-corrected chi connectivity index (χ1v) is 14.7. The normalized spacial score (nSPS) is 47.5. The molecule has 1 heterocycles. The average molecular weight is 514 g/mol. The second kappa shape index (κ2) is 7.80. The van der Waals surface area contributed by atoms with Crippen molar-refractivity contribution < 1.29 is 9.59 Å². The summed E-state index contributed by atoms with van der Waals surface area (Å²) < 4.78 is 2.35. The molecule has 0 bridgehead atoms. The van der Waals surface area contributed by atoms with Crippen molar-refractivity contribution in [2.45, 2.75) is 92.5 Å². The molecule has 5 aliphatic carbocycles. The number of carbonyl (C=O) groups is 2. The highest BCUT2D eigenvalue weighted by atomic mass is 16.1. The van der Waals surface area contributed by atoms with E-state index in [9.17, 15) is 14.9 Å². The van der Waals surface area contributed by atoms with Gasteiger partial charge in [-0.15, -0.1) is 0 Å². The molecule has 0 unspecified atom stereocenters. The Morgan fingerprint density at radius 3 is 2.42 bits per heavy atom. The van der Waals surface area contributed by atoms with Crippen LogP contribution in [0.4, 0.5) is 0 Å². The third-order valence-electron chi connectivity index (χ3n) is 13.2. The van der Waals surface area contributed by atoms with E-state index in [-0.39, 0.29) is 51.3 Å². The highest BCUT2D eigenvalue weighted by molar-refractivity contribution is 6.04. The van der Waals surface area contributed by atoms with Crippen LogP contribution >= 0.6 is 0 Å². The molecule has 0 saturated heterocycles. The molecule has 5 nitrogen and oxygen atoms in total. The fourth-order valence-corrected chi connectivity index (χ4v) is 10.8. The summed E-state index contributed by atoms with van der Waals surface area (Å²) in [7, 11) is 0. The van der Waals surface area contributed by atoms with Gasteiger partial charge in [0.05, 0.1) is 11.9 Å². The number of fused-ring (bicyclic) bond motifs is 7. The van der Waals surface area contributed by atoms with Gasteiger partial charge >= 0.3 is 0 Å². The molecule has 0 N–H and O–H groups in total. The van der Waals surface area contributed by atoms with Gasteiger partial charge in [0, 0.05) is 34.7 Å². The lowest BCUT2D eigenvalue weighted by molar-refractivity contribution is -0.172. The standard InChI is InChI=1S/C33H43N3O2/c1-20-8-11-33(36-15-14-35-19-36)13-12-32(7)27(26(33)21(20)2)23(37)16-25-30(5)17-22(18-34)28(38)29(3,4)24(30)9-10-31(25,32)6/h14-17,19-21,24,26-27H,8-13H2,1-7H3/t20-,21+,24+,26+,27-,30+,31-,32-,33+/m1/s1. The zero-order valence-corrected chi connectivity index (χ0v) is 24.2. The van der Waals surface area contributed by atoms with E-state index in [2.05, 4.69) is 56.4 Å². The van der Waals surface area contributed by atoms with E-state index in [1.165, 1.54) is 12.0 Å². The summed E-state index contributed by atoms with van der Waals surface area (Å²) in [6.45, 7) is 15.8. The van der Waals surface area contributed by atoms with Crippen molar-refractivity contribution in [1.82, 2.24) is 9.55 Å². The van der Waals surface area contributed by atoms with Gasteiger partial charge in [0.25, 0.3) is 0 Å². The van der Waals surface area contributed by atoms with Crippen LogP contribution in [0.15, 0.2) is 42.0 Å². The van der Waals surface area contributed by atoms with E-state index in [1.54, 1.807) is 0 Å². The number of imidazole rings is 1. The van der Waals surface area contributed by atoms with Crippen molar-refractivity contribution in [3.63, 3.8) is 0 Å². The second-order valence-corrected chi connectivity index (χ2v) is 14.8. The van der Waals surface area contributed by atoms with E-state index in [0.717, 1.165) is 32.1 Å². The number of aromatic nitrogens is 2. The molecule has 5 heteroatoms. The van der Waals surface area contributed by atoms with Gasteiger partial charge in [-0.2, -0.15) is 5.26 Å². The Morgan fingerprint density at radius 1 is 1.03 bits per heavy atom. The maximum absolute atomic E-state index is 14.6. The Labute approximate surface area is 227 Å². The number of nitrogens with zero attached hydrogens (tertiary/aromatic N) is 3. The Morgan fingerprint density at radius 2 is 1.76 bits per heavy atom. The van der Waals surface area contributed by atoms with Gasteiger partial charge in [-0.1, -0.05) is 60.1 Å². The maximum atomic E-state index is 14.6. The smallest absolute Gasteiger partial charge is 0.178 e. The molecule has 3 fully saturated rings. The Bertz CT molecular complexity index is 1310. The number of allylic oxidation sites excluding steroid dienone is 4. The summed E-state index contributed by atoms with van der Waals surface area (Å²) in [6.07, 6.45) is 16.2. The minimum Gasteiger partial charge on any atom is -0.331 e. The van der Waals surface area contributed by atoms with Gasteiger partial charge in [0.15, 0.2) is 11.6 Å². The van der Waals surface area contributed by atoms with Gasteiger partial charge in [-0.05, 0) is 79.1 Å². The lowest BCUT2D eigenvalue weighted by atomic mass is 9.34. The summed E-state index contributed by atoms with van der Waals surface area (Å²) in [5, 5.41) is 9.92. The van der Waals surface area contributed by atoms with Crippen molar-refractivity contribution in [2.24, 2.45) is 51.2 Å². The summed E-state index contributed by atoms with van der Waals surface area (Å²) in [4.78, 5) is 32.3. The first-order valence-electron chi connectivity index (χ1n) is 14.7. The molecule has 0 spiro atoms. The highest BCUT2D eigenvalue weighted by Gasteiger charge is 2.70. The average Bonchev–Trinajstić information content (AvgIpc) is 3.41. The zero-order valence-electron chi connectivity index (χ0n) is 24.2. The van der Waals surface area contributed by atoms with E-state index < -0.39 is 10.8 Å². The lowest BCUT2D eigenvalue weighted by Gasteiger charge is -2.69. The number of hydrogen-bond acceptors (Lipinski definition) is 4. The van der Waals surface area contributed by atoms with E-state index >= 15 is 0 Å². The molecular formula is C33H43N3O2. The van der Waals surface area contributed by atoms with Gasteiger partial charge in [-0.3, -0.25) is 9.59 Å². The minimum atomic E-state index is -0.631. The van der Waals surface area contributed by atoms with Crippen LogP contribution < -0.4 is 0 Å². The molecule has 0 aromatic carbocycles. The van der Waals surface area contributed by atoms with Crippen molar-refractivity contribution in [3.8, 4) is 6.07 Å². The van der Waals surface area contributed by atoms with Crippen molar-refractivity contribution in [1.29, 1.82) is 5.26 Å². The topological polar surface area (TPSA) is 75.8 Å². The number of nitriles is 1. The number of rotatable bonds is 1. The molecule has 0 amide bonds. The summed E-state index contributed by atoms with van der Waals surface area (Å²) in [6, 6.07) is 2.21. The van der Waals surface area contributed by atoms with Crippen molar-refractivity contribution in [2.75, 3.05) is 0 Å². The highest BCUT2D eigenvalue weighted by Crippen LogP contribution is 2.74. The Balaban J connectivity index is 1.55. The van der Waals surface area contributed by atoms with Crippen LogP contribution in [-0.2, 0) is 15.1 Å². The minimum absolute atomic E-state index is 0.0503. The lowest BCUT2D eigenvalue weighted by Crippen LogP contribution is -2.67. The van der Waals surface area contributed by atoms with Crippen LogP contribution in [0, 0.1) is 62.6 Å². The molecule has 38 heavy (non-hydrogen) atoms. The molecule has 1 aromatic heterocycles. The van der Waals surface area contributed by atoms with Gasteiger partial charge < -0.3 is 4.57 Å². The third kappa shape index (κ3) is 2.85. The molecule has 0 radical (unpaired) electrons. The molecule has 3 saturated carbocycles. The number of Topliss-reactive ketones (excluding diaryl/α,β-unsaturated/α-hetero) is 1. The molecule has 5 aliphatic rings. The second-order valence-electron chi connectivity index (χ2n) is 14.8. The predicted octanol–water partition coefficient (Wildman–Crippen LogP) is 6.67. The number of hydrogen-bond donors (Lipinski definition) is 0. The van der Waals surface area contributed by atoms with E-state index in [1.807, 2.05) is 38.5 Å². The first-order chi connectivity index (χ1) is 17.8. The third-order valence-corrected chi connectivity index (χ3v) is 13.2. The molecule has 202 valence electrons. The van der Waals surface area contributed by atoms with E-state index in [0.29, 0.717) is 11.8 Å². The largest absolute Gasteiger partial charge is 0.331 e. The van der Waals surface area contributed by atoms with Gasteiger partial charge in [-0.25, -0.2) is 4.98 Å². The van der Waals surface area contributed by atoms with Gasteiger partial charge in [0.2, 0.25) is 0 Å².